The second-order valence-electron chi connectivity index (χ2n) is 6.46. The van der Waals surface area contributed by atoms with Crippen molar-refractivity contribution >= 4 is 6.29 Å². The zero-order chi connectivity index (χ0) is 13.8. The minimum Gasteiger partial charge on any atom is -0.380 e. The lowest BCUT2D eigenvalue weighted by atomic mass is 9.83. The van der Waals surface area contributed by atoms with E-state index in [1.54, 1.807) is 0 Å². The summed E-state index contributed by atoms with van der Waals surface area (Å²) in [5.41, 5.74) is -0.252. The van der Waals surface area contributed by atoms with E-state index in [0.29, 0.717) is 12.6 Å². The number of aldehydes is 1. The van der Waals surface area contributed by atoms with Gasteiger partial charge in [0.15, 0.2) is 0 Å². The molecule has 2 atom stereocenters. The van der Waals surface area contributed by atoms with Crippen LogP contribution in [0.5, 0.6) is 0 Å². The molecule has 3 heterocycles. The number of morpholine rings is 1. The molecule has 0 aromatic heterocycles. The van der Waals surface area contributed by atoms with E-state index in [2.05, 4.69) is 9.80 Å². The van der Waals surface area contributed by atoms with E-state index in [-0.39, 0.29) is 5.41 Å². The number of hydrogen-bond acceptors (Lipinski definition) is 5. The van der Waals surface area contributed by atoms with Gasteiger partial charge in [-0.1, -0.05) is 0 Å². The van der Waals surface area contributed by atoms with Gasteiger partial charge in [-0.25, -0.2) is 0 Å². The van der Waals surface area contributed by atoms with Gasteiger partial charge < -0.3 is 19.2 Å². The summed E-state index contributed by atoms with van der Waals surface area (Å²) in [5, 5.41) is 0. The Balaban J connectivity index is 1.52. The lowest BCUT2D eigenvalue weighted by Crippen LogP contribution is -2.47. The normalized spacial score (nSPS) is 37.1. The van der Waals surface area contributed by atoms with Gasteiger partial charge in [0.2, 0.25) is 0 Å². The predicted molar refractivity (Wildman–Crippen MR) is 75.8 cm³/mol. The molecular formula is C15H26N2O3. The summed E-state index contributed by atoms with van der Waals surface area (Å²) in [4.78, 5) is 16.5. The molecule has 0 aromatic carbocycles. The molecule has 2 unspecified atom stereocenters. The Morgan fingerprint density at radius 1 is 1.15 bits per heavy atom. The lowest BCUT2D eigenvalue weighted by molar-refractivity contribution is -0.125. The highest BCUT2D eigenvalue weighted by Crippen LogP contribution is 2.29. The van der Waals surface area contributed by atoms with Crippen molar-refractivity contribution in [3.8, 4) is 0 Å². The molecule has 3 rings (SSSR count). The van der Waals surface area contributed by atoms with Crippen molar-refractivity contribution in [1.29, 1.82) is 0 Å². The smallest absolute Gasteiger partial charge is 0.129 e. The topological polar surface area (TPSA) is 42.0 Å². The molecule has 114 valence electrons. The van der Waals surface area contributed by atoms with Crippen molar-refractivity contribution in [1.82, 2.24) is 9.80 Å². The third-order valence-corrected chi connectivity index (χ3v) is 4.95. The minimum absolute atomic E-state index is 0.252. The Bertz CT molecular complexity index is 325. The average molecular weight is 282 g/mol. The number of nitrogens with zero attached hydrogens (tertiary/aromatic N) is 2. The summed E-state index contributed by atoms with van der Waals surface area (Å²) >= 11 is 0. The molecule has 5 nitrogen and oxygen atoms in total. The van der Waals surface area contributed by atoms with Crippen LogP contribution in [0.25, 0.3) is 0 Å². The van der Waals surface area contributed by atoms with E-state index in [1.165, 1.54) is 6.42 Å². The van der Waals surface area contributed by atoms with Crippen LogP contribution in [0.1, 0.15) is 19.3 Å². The first-order valence-corrected chi connectivity index (χ1v) is 7.90. The summed E-state index contributed by atoms with van der Waals surface area (Å²) in [5.74, 6) is 0. The zero-order valence-corrected chi connectivity index (χ0v) is 12.3. The Hall–Kier alpha value is -0.490. The van der Waals surface area contributed by atoms with Crippen LogP contribution in [0.2, 0.25) is 0 Å². The van der Waals surface area contributed by atoms with Crippen LogP contribution in [0.3, 0.4) is 0 Å². The maximum atomic E-state index is 11.5. The van der Waals surface area contributed by atoms with E-state index in [9.17, 15) is 4.79 Å². The number of carbonyl (C=O) groups is 1. The van der Waals surface area contributed by atoms with Crippen LogP contribution >= 0.6 is 0 Å². The fourth-order valence-electron chi connectivity index (χ4n) is 3.77. The van der Waals surface area contributed by atoms with Crippen LogP contribution in [0.15, 0.2) is 0 Å². The highest BCUT2D eigenvalue weighted by molar-refractivity contribution is 5.60. The molecule has 3 aliphatic heterocycles. The fourth-order valence-corrected chi connectivity index (χ4v) is 3.77. The second-order valence-corrected chi connectivity index (χ2v) is 6.46. The Labute approximate surface area is 121 Å². The molecule has 20 heavy (non-hydrogen) atoms. The summed E-state index contributed by atoms with van der Waals surface area (Å²) < 4.78 is 11.0. The molecule has 3 fully saturated rings. The van der Waals surface area contributed by atoms with Crippen LogP contribution in [0.4, 0.5) is 0 Å². The molecule has 0 bridgehead atoms. The van der Waals surface area contributed by atoms with Gasteiger partial charge in [-0.05, 0) is 25.8 Å². The number of carbonyl (C=O) groups excluding carboxylic acids is 1. The molecule has 0 saturated carbocycles. The summed E-state index contributed by atoms with van der Waals surface area (Å²) in [7, 11) is 0. The molecule has 0 aliphatic carbocycles. The maximum absolute atomic E-state index is 11.5. The van der Waals surface area contributed by atoms with E-state index in [0.717, 1.165) is 71.7 Å². The van der Waals surface area contributed by atoms with E-state index < -0.39 is 0 Å². The minimum atomic E-state index is -0.252. The standard InChI is InChI=1S/C15H26N2O3/c18-12-15(3-1-7-20-13-15)11-16-4-2-14(10-16)17-5-8-19-9-6-17/h12,14H,1-11,13H2. The molecule has 0 spiro atoms. The first-order valence-electron chi connectivity index (χ1n) is 7.90. The van der Waals surface area contributed by atoms with Gasteiger partial charge in [0.05, 0.1) is 25.2 Å². The number of ether oxygens (including phenoxy) is 2. The Kier molecular flexibility index (Phi) is 4.71. The van der Waals surface area contributed by atoms with Gasteiger partial charge in [-0.15, -0.1) is 0 Å². The summed E-state index contributed by atoms with van der Waals surface area (Å²) in [6, 6.07) is 0.645. The first-order chi connectivity index (χ1) is 9.81. The van der Waals surface area contributed by atoms with Crippen LogP contribution in [-0.4, -0.2) is 81.3 Å². The summed E-state index contributed by atoms with van der Waals surface area (Å²) in [6.45, 7) is 8.33. The fraction of sp³-hybridized carbons (Fsp3) is 0.933. The predicted octanol–water partition coefficient (Wildman–Crippen LogP) is 0.389. The molecule has 0 amide bonds. The molecular weight excluding hydrogens is 256 g/mol. The highest BCUT2D eigenvalue weighted by atomic mass is 16.5. The zero-order valence-electron chi connectivity index (χ0n) is 12.3. The van der Waals surface area contributed by atoms with Gasteiger partial charge in [0.25, 0.3) is 0 Å². The number of rotatable bonds is 4. The third-order valence-electron chi connectivity index (χ3n) is 4.95. The van der Waals surface area contributed by atoms with E-state index in [1.807, 2.05) is 0 Å². The lowest BCUT2D eigenvalue weighted by Gasteiger charge is -2.36. The molecule has 3 aliphatic rings. The monoisotopic (exact) mass is 282 g/mol. The van der Waals surface area contributed by atoms with Crippen molar-refractivity contribution in [2.75, 3.05) is 59.2 Å². The van der Waals surface area contributed by atoms with Gasteiger partial charge in [0, 0.05) is 38.8 Å². The largest absolute Gasteiger partial charge is 0.380 e. The van der Waals surface area contributed by atoms with Crippen molar-refractivity contribution < 1.29 is 14.3 Å². The summed E-state index contributed by atoms with van der Waals surface area (Å²) in [6.07, 6.45) is 4.36. The van der Waals surface area contributed by atoms with Crippen LogP contribution < -0.4 is 0 Å². The van der Waals surface area contributed by atoms with Crippen molar-refractivity contribution in [3.05, 3.63) is 0 Å². The van der Waals surface area contributed by atoms with Gasteiger partial charge in [0.1, 0.15) is 6.29 Å². The third kappa shape index (κ3) is 3.22. The second kappa shape index (κ2) is 6.52. The Morgan fingerprint density at radius 2 is 2.00 bits per heavy atom. The van der Waals surface area contributed by atoms with Crippen molar-refractivity contribution in [2.24, 2.45) is 5.41 Å². The maximum Gasteiger partial charge on any atom is 0.129 e. The molecule has 0 N–H and O–H groups in total. The van der Waals surface area contributed by atoms with Crippen molar-refractivity contribution in [3.63, 3.8) is 0 Å². The first kappa shape index (κ1) is 14.4. The van der Waals surface area contributed by atoms with E-state index >= 15 is 0 Å². The van der Waals surface area contributed by atoms with Gasteiger partial charge in [-0.2, -0.15) is 0 Å². The average Bonchev–Trinajstić information content (AvgIpc) is 2.97. The highest BCUT2D eigenvalue weighted by Gasteiger charge is 2.37. The number of likely N-dealkylation sites (tertiary alicyclic amines) is 1. The Morgan fingerprint density at radius 3 is 2.70 bits per heavy atom. The van der Waals surface area contributed by atoms with Gasteiger partial charge in [-0.3, -0.25) is 4.90 Å². The van der Waals surface area contributed by atoms with Crippen LogP contribution in [-0.2, 0) is 14.3 Å². The quantitative estimate of drug-likeness (QED) is 0.698. The van der Waals surface area contributed by atoms with Gasteiger partial charge >= 0.3 is 0 Å². The van der Waals surface area contributed by atoms with E-state index in [4.69, 9.17) is 9.47 Å². The van der Waals surface area contributed by atoms with Crippen LogP contribution in [0, 0.1) is 5.41 Å². The van der Waals surface area contributed by atoms with Crippen molar-refractivity contribution in [2.45, 2.75) is 25.3 Å². The molecule has 0 radical (unpaired) electrons. The molecule has 0 aromatic rings. The SMILES string of the molecule is O=CC1(CN2CCC(N3CCOCC3)C2)CCCOC1. The molecule has 3 saturated heterocycles. The molecule has 5 heteroatoms. The number of hydrogen-bond donors (Lipinski definition) is 0.